The lowest BCUT2D eigenvalue weighted by Gasteiger charge is -2.62. The van der Waals surface area contributed by atoms with Gasteiger partial charge in [0, 0.05) is 23.9 Å². The number of aliphatic hydroxyl groups excluding tert-OH is 1. The first kappa shape index (κ1) is 30.2. The van der Waals surface area contributed by atoms with Crippen LogP contribution in [-0.4, -0.2) is 74.4 Å². The Morgan fingerprint density at radius 1 is 0.878 bits per heavy atom. The Labute approximate surface area is 245 Å². The average Bonchev–Trinajstić information content (AvgIpc) is 3.40. The molecule has 2 aliphatic heterocycles. The Morgan fingerprint density at radius 2 is 1.54 bits per heavy atom. The summed E-state index contributed by atoms with van der Waals surface area (Å²) in [6.07, 6.45) is 6.03. The molecule has 5 fully saturated rings. The summed E-state index contributed by atoms with van der Waals surface area (Å²) >= 11 is 0. The van der Waals surface area contributed by atoms with E-state index in [0.717, 1.165) is 37.7 Å². The van der Waals surface area contributed by atoms with Crippen LogP contribution in [0.2, 0.25) is 0 Å². The summed E-state index contributed by atoms with van der Waals surface area (Å²) in [5.74, 6) is -1.79. The van der Waals surface area contributed by atoms with Gasteiger partial charge in [-0.05, 0) is 109 Å². The molecule has 1 unspecified atom stereocenters. The van der Waals surface area contributed by atoms with Gasteiger partial charge in [0.25, 0.3) is 0 Å². The topological polar surface area (TPSA) is 115 Å². The number of hydrogen-bond donors (Lipinski definition) is 3. The maximum Gasteiger partial charge on any atom is 0.187 e. The fraction of sp³-hybridized carbons (Fsp3) is 0.909. The van der Waals surface area contributed by atoms with E-state index in [1.54, 1.807) is 6.08 Å². The van der Waals surface area contributed by atoms with Crippen molar-refractivity contribution in [3.8, 4) is 0 Å². The highest BCUT2D eigenvalue weighted by atomic mass is 16.8. The van der Waals surface area contributed by atoms with Gasteiger partial charge in [-0.1, -0.05) is 20.8 Å². The molecule has 0 amide bonds. The number of fused-ring (bicyclic) bond motifs is 6. The quantitative estimate of drug-likeness (QED) is 0.441. The Morgan fingerprint density at radius 3 is 2.20 bits per heavy atom. The molecule has 0 aromatic heterocycles. The first-order valence-corrected chi connectivity index (χ1v) is 15.9. The van der Waals surface area contributed by atoms with Crippen molar-refractivity contribution in [1.82, 2.24) is 0 Å². The minimum Gasteiger partial charge on any atom is -0.396 e. The lowest BCUT2D eigenvalue weighted by molar-refractivity contribution is -0.204. The molecule has 0 aromatic carbocycles. The molecule has 4 aliphatic carbocycles. The Kier molecular flexibility index (Phi) is 6.69. The van der Waals surface area contributed by atoms with E-state index >= 15 is 0 Å². The van der Waals surface area contributed by atoms with Crippen molar-refractivity contribution in [1.29, 1.82) is 0 Å². The van der Waals surface area contributed by atoms with Crippen LogP contribution in [0, 0.1) is 28.6 Å². The number of aliphatic hydroxyl groups is 3. The van der Waals surface area contributed by atoms with Crippen molar-refractivity contribution in [3.05, 3.63) is 11.6 Å². The second kappa shape index (κ2) is 9.09. The summed E-state index contributed by atoms with van der Waals surface area (Å²) in [5, 5.41) is 34.5. The summed E-state index contributed by atoms with van der Waals surface area (Å²) in [6, 6.07) is 0. The molecule has 3 saturated carbocycles. The van der Waals surface area contributed by atoms with Gasteiger partial charge in [0.2, 0.25) is 0 Å². The number of hydrogen-bond acceptors (Lipinski definition) is 8. The van der Waals surface area contributed by atoms with Crippen molar-refractivity contribution in [2.24, 2.45) is 28.6 Å². The number of ether oxygens (including phenoxy) is 4. The van der Waals surface area contributed by atoms with Crippen LogP contribution in [0.5, 0.6) is 0 Å². The molecule has 8 heteroatoms. The van der Waals surface area contributed by atoms with Gasteiger partial charge in [0.1, 0.15) is 5.60 Å². The van der Waals surface area contributed by atoms with Crippen LogP contribution >= 0.6 is 0 Å². The molecule has 0 aromatic rings. The van der Waals surface area contributed by atoms with Gasteiger partial charge in [-0.15, -0.1) is 0 Å². The smallest absolute Gasteiger partial charge is 0.187 e. The maximum absolute atomic E-state index is 13.9. The molecule has 2 saturated heterocycles. The highest BCUT2D eigenvalue weighted by Crippen LogP contribution is 2.70. The molecular weight excluding hydrogens is 524 g/mol. The van der Waals surface area contributed by atoms with Crippen molar-refractivity contribution in [3.63, 3.8) is 0 Å². The summed E-state index contributed by atoms with van der Waals surface area (Å²) < 4.78 is 25.6. The third-order valence-corrected chi connectivity index (χ3v) is 12.6. The van der Waals surface area contributed by atoms with E-state index in [4.69, 9.17) is 18.9 Å². The van der Waals surface area contributed by atoms with Gasteiger partial charge >= 0.3 is 0 Å². The first-order valence-electron chi connectivity index (χ1n) is 15.9. The zero-order valence-electron chi connectivity index (χ0n) is 26.3. The lowest BCUT2D eigenvalue weighted by atomic mass is 9.44. The van der Waals surface area contributed by atoms with Gasteiger partial charge in [-0.25, -0.2) is 0 Å². The second-order valence-electron chi connectivity index (χ2n) is 16.0. The maximum atomic E-state index is 13.9. The van der Waals surface area contributed by atoms with Crippen LogP contribution in [-0.2, 0) is 23.7 Å². The molecule has 0 spiro atoms. The summed E-state index contributed by atoms with van der Waals surface area (Å²) in [5.41, 5.74) is -3.89. The van der Waals surface area contributed by atoms with Crippen LogP contribution in [0.15, 0.2) is 11.6 Å². The van der Waals surface area contributed by atoms with E-state index in [-0.39, 0.29) is 54.9 Å². The van der Waals surface area contributed by atoms with Crippen LogP contribution in [0.1, 0.15) is 107 Å². The van der Waals surface area contributed by atoms with E-state index in [9.17, 15) is 20.1 Å². The van der Waals surface area contributed by atoms with Crippen LogP contribution in [0.25, 0.3) is 0 Å². The van der Waals surface area contributed by atoms with Crippen molar-refractivity contribution in [2.75, 3.05) is 6.61 Å². The molecule has 232 valence electrons. The molecule has 6 rings (SSSR count). The SMILES string of the molecule is CC(CO)CC[C@H]1OC(C)(C)O[C@@]1(C)[C@H]1CC[C@@]2(O)C3=CC(=O)[C@]4(O)C[C@H]5OC(C)(C)O[C@H]5C[C@]4(C)[C@H]3CC[C@]12C. The van der Waals surface area contributed by atoms with E-state index in [1.807, 2.05) is 41.5 Å². The third kappa shape index (κ3) is 4.07. The summed E-state index contributed by atoms with van der Waals surface area (Å²) in [7, 11) is 0. The van der Waals surface area contributed by atoms with Gasteiger partial charge in [-0.2, -0.15) is 0 Å². The minimum absolute atomic E-state index is 0.00452. The normalized spacial score (nSPS) is 52.3. The molecular formula is C33H52O8. The van der Waals surface area contributed by atoms with Crippen molar-refractivity contribution in [2.45, 2.75) is 153 Å². The van der Waals surface area contributed by atoms with E-state index in [2.05, 4.69) is 13.8 Å². The van der Waals surface area contributed by atoms with Crippen molar-refractivity contribution < 1.29 is 39.1 Å². The number of carbonyl (C=O) groups excluding carboxylic acids is 1. The Bertz CT molecular complexity index is 1130. The highest BCUT2D eigenvalue weighted by Gasteiger charge is 2.74. The summed E-state index contributed by atoms with van der Waals surface area (Å²) in [4.78, 5) is 13.9. The second-order valence-corrected chi connectivity index (χ2v) is 16.0. The fourth-order valence-electron chi connectivity index (χ4n) is 10.5. The number of rotatable bonds is 5. The minimum atomic E-state index is -1.55. The van der Waals surface area contributed by atoms with Crippen LogP contribution < -0.4 is 0 Å². The zero-order valence-corrected chi connectivity index (χ0v) is 26.3. The standard InChI is InChI=1S/C33H52O8/c1-19(18-34)9-10-26-31(8,41-28(4,5)40-26)24-12-14-32(36)21-15-25(35)33(37)17-23-22(38-27(2,3)39-23)16-30(33,7)20(21)11-13-29(24,32)6/h15,19-20,22-24,26,34,36-37H,9-14,16-18H2,1-8H3/t19?,20-,22-,23+,24-,26+,29+,30+,31-,32+,33+/m0/s1. The average molecular weight is 577 g/mol. The Balaban J connectivity index is 1.35. The van der Waals surface area contributed by atoms with Gasteiger partial charge in [-0.3, -0.25) is 4.79 Å². The Hall–Kier alpha value is -0.870. The number of ketones is 1. The van der Waals surface area contributed by atoms with Crippen LogP contribution in [0.3, 0.4) is 0 Å². The first-order chi connectivity index (χ1) is 18.8. The highest BCUT2D eigenvalue weighted by molar-refractivity contribution is 6.00. The molecule has 8 nitrogen and oxygen atoms in total. The fourth-order valence-corrected chi connectivity index (χ4v) is 10.5. The lowest BCUT2D eigenvalue weighted by Crippen LogP contribution is -2.68. The van der Waals surface area contributed by atoms with Gasteiger partial charge < -0.3 is 34.3 Å². The van der Waals surface area contributed by atoms with E-state index < -0.39 is 39.2 Å². The number of carbonyl (C=O) groups is 1. The van der Waals surface area contributed by atoms with Crippen molar-refractivity contribution >= 4 is 5.78 Å². The molecule has 0 radical (unpaired) electrons. The predicted molar refractivity (Wildman–Crippen MR) is 152 cm³/mol. The molecule has 2 heterocycles. The van der Waals surface area contributed by atoms with Gasteiger partial charge in [0.15, 0.2) is 17.4 Å². The summed E-state index contributed by atoms with van der Waals surface area (Å²) in [6.45, 7) is 16.2. The molecule has 6 aliphatic rings. The van der Waals surface area contributed by atoms with Gasteiger partial charge in [0.05, 0.1) is 29.5 Å². The molecule has 0 bridgehead atoms. The third-order valence-electron chi connectivity index (χ3n) is 12.6. The molecule has 11 atom stereocenters. The molecule has 3 N–H and O–H groups in total. The van der Waals surface area contributed by atoms with E-state index in [0.29, 0.717) is 12.8 Å². The molecule has 41 heavy (non-hydrogen) atoms. The monoisotopic (exact) mass is 576 g/mol. The largest absolute Gasteiger partial charge is 0.396 e. The predicted octanol–water partition coefficient (Wildman–Crippen LogP) is 4.42. The zero-order chi connectivity index (χ0) is 30.0. The van der Waals surface area contributed by atoms with E-state index in [1.165, 1.54) is 0 Å². The van der Waals surface area contributed by atoms with Crippen LogP contribution in [0.4, 0.5) is 0 Å².